The molecule has 0 heterocycles. The van der Waals surface area contributed by atoms with Crippen LogP contribution in [-0.4, -0.2) is 54.8 Å². The Bertz CT molecular complexity index is 325. The third-order valence-electron chi connectivity index (χ3n) is 2.00. The number of rotatable bonds is 5. The number of nitrogens with two attached hydrogens (primary N) is 1. The van der Waals surface area contributed by atoms with Crippen LogP contribution in [0.2, 0.25) is 0 Å². The van der Waals surface area contributed by atoms with Gasteiger partial charge in [-0.3, -0.25) is 0 Å². The van der Waals surface area contributed by atoms with Gasteiger partial charge in [0.1, 0.15) is 0 Å². The van der Waals surface area contributed by atoms with Gasteiger partial charge in [-0.25, -0.2) is 0 Å². The summed E-state index contributed by atoms with van der Waals surface area (Å²) in [6, 6.07) is -0.148. The highest BCUT2D eigenvalue weighted by atomic mass is 32.2. The van der Waals surface area contributed by atoms with Gasteiger partial charge in [-0.2, -0.15) is 17.0 Å². The van der Waals surface area contributed by atoms with E-state index in [0.29, 0.717) is 0 Å². The molecule has 8 heteroatoms. The molecule has 0 aromatic carbocycles. The molecule has 3 N–H and O–H groups in total. The number of nitrogens with zero attached hydrogens (tertiary/aromatic N) is 3. The molecule has 0 aliphatic carbocycles. The van der Waals surface area contributed by atoms with Gasteiger partial charge >= 0.3 is 0 Å². The number of likely N-dealkylation sites (N-methyl/N-ethyl adjacent to an activating group) is 1. The first-order valence-electron chi connectivity index (χ1n) is 4.39. The van der Waals surface area contributed by atoms with Gasteiger partial charge in [0, 0.05) is 20.1 Å². The van der Waals surface area contributed by atoms with Gasteiger partial charge in [-0.1, -0.05) is 5.16 Å². The van der Waals surface area contributed by atoms with Crippen LogP contribution in [0.4, 0.5) is 0 Å². The Morgan fingerprint density at radius 3 is 2.27 bits per heavy atom. The minimum Gasteiger partial charge on any atom is -0.409 e. The highest BCUT2D eigenvalue weighted by Gasteiger charge is 2.26. The second kappa shape index (κ2) is 5.29. The van der Waals surface area contributed by atoms with Gasteiger partial charge < -0.3 is 10.9 Å². The third-order valence-corrected chi connectivity index (χ3v) is 4.06. The van der Waals surface area contributed by atoms with Crippen molar-refractivity contribution in [2.75, 3.05) is 20.6 Å². The molecular formula is C7H18N4O3S. The molecule has 7 nitrogen and oxygen atoms in total. The zero-order chi connectivity index (χ0) is 12.2. The summed E-state index contributed by atoms with van der Waals surface area (Å²) >= 11 is 0. The van der Waals surface area contributed by atoms with E-state index in [2.05, 4.69) is 5.16 Å². The Kier molecular flexibility index (Phi) is 4.98. The largest absolute Gasteiger partial charge is 0.409 e. The van der Waals surface area contributed by atoms with E-state index >= 15 is 0 Å². The summed E-state index contributed by atoms with van der Waals surface area (Å²) in [5, 5.41) is 11.0. The molecule has 0 aromatic heterocycles. The van der Waals surface area contributed by atoms with Crippen LogP contribution in [0.25, 0.3) is 0 Å². The molecule has 0 aliphatic rings. The average molecular weight is 238 g/mol. The lowest BCUT2D eigenvalue weighted by Gasteiger charge is -2.26. The summed E-state index contributed by atoms with van der Waals surface area (Å²) in [6.07, 6.45) is 0. The van der Waals surface area contributed by atoms with Crippen molar-refractivity contribution in [1.82, 2.24) is 8.61 Å². The van der Waals surface area contributed by atoms with Crippen LogP contribution in [0.15, 0.2) is 5.16 Å². The van der Waals surface area contributed by atoms with E-state index in [1.54, 1.807) is 13.8 Å². The first kappa shape index (κ1) is 14.1. The van der Waals surface area contributed by atoms with Gasteiger partial charge in [0.05, 0.1) is 6.54 Å². The SMILES string of the molecule is CC(C)N(C)S(=O)(=O)N(C)CC(N)=NO. The molecule has 15 heavy (non-hydrogen) atoms. The molecule has 0 saturated heterocycles. The Hall–Kier alpha value is -0.860. The van der Waals surface area contributed by atoms with E-state index in [1.807, 2.05) is 0 Å². The van der Waals surface area contributed by atoms with Crippen molar-refractivity contribution < 1.29 is 13.6 Å². The highest BCUT2D eigenvalue weighted by molar-refractivity contribution is 7.86. The maximum Gasteiger partial charge on any atom is 0.282 e. The van der Waals surface area contributed by atoms with Crippen molar-refractivity contribution in [2.24, 2.45) is 10.9 Å². The molecule has 0 unspecified atom stereocenters. The summed E-state index contributed by atoms with van der Waals surface area (Å²) < 4.78 is 25.8. The number of hydrogen-bond donors (Lipinski definition) is 2. The van der Waals surface area contributed by atoms with E-state index < -0.39 is 10.2 Å². The summed E-state index contributed by atoms with van der Waals surface area (Å²) in [6.45, 7) is 3.37. The topological polar surface area (TPSA) is 99.2 Å². The van der Waals surface area contributed by atoms with E-state index in [-0.39, 0.29) is 18.4 Å². The van der Waals surface area contributed by atoms with Crippen LogP contribution in [0.5, 0.6) is 0 Å². The number of oxime groups is 1. The number of amidine groups is 1. The van der Waals surface area contributed by atoms with Crippen molar-refractivity contribution in [2.45, 2.75) is 19.9 Å². The molecule has 0 fully saturated rings. The van der Waals surface area contributed by atoms with Crippen LogP contribution in [-0.2, 0) is 10.2 Å². The molecule has 0 spiro atoms. The quantitative estimate of drug-likeness (QED) is 0.285. The Morgan fingerprint density at radius 1 is 1.47 bits per heavy atom. The van der Waals surface area contributed by atoms with Crippen molar-refractivity contribution >= 4 is 16.0 Å². The van der Waals surface area contributed by atoms with Crippen molar-refractivity contribution in [3.8, 4) is 0 Å². The van der Waals surface area contributed by atoms with Crippen molar-refractivity contribution in [3.63, 3.8) is 0 Å². The lowest BCUT2D eigenvalue weighted by Crippen LogP contribution is -2.45. The molecule has 0 aromatic rings. The highest BCUT2D eigenvalue weighted by Crippen LogP contribution is 2.07. The molecule has 0 bridgehead atoms. The minimum atomic E-state index is -3.55. The average Bonchev–Trinajstić information content (AvgIpc) is 2.15. The fraction of sp³-hybridized carbons (Fsp3) is 0.857. The normalized spacial score (nSPS) is 14.2. The van der Waals surface area contributed by atoms with Crippen LogP contribution in [0.1, 0.15) is 13.8 Å². The maximum atomic E-state index is 11.8. The van der Waals surface area contributed by atoms with Crippen LogP contribution in [0, 0.1) is 0 Å². The molecule has 0 amide bonds. The summed E-state index contributed by atoms with van der Waals surface area (Å²) in [7, 11) is -0.706. The van der Waals surface area contributed by atoms with Gasteiger partial charge in [0.2, 0.25) is 0 Å². The molecule has 90 valence electrons. The first-order valence-corrected chi connectivity index (χ1v) is 5.78. The Balaban J connectivity index is 4.75. The van der Waals surface area contributed by atoms with E-state index in [9.17, 15) is 8.42 Å². The maximum absolute atomic E-state index is 11.8. The Morgan fingerprint density at radius 2 is 1.93 bits per heavy atom. The molecule has 0 saturated carbocycles. The number of hydrogen-bond acceptors (Lipinski definition) is 4. The monoisotopic (exact) mass is 238 g/mol. The smallest absolute Gasteiger partial charge is 0.282 e. The zero-order valence-electron chi connectivity index (χ0n) is 9.38. The Labute approximate surface area is 90.3 Å². The third kappa shape index (κ3) is 3.65. The van der Waals surface area contributed by atoms with Crippen LogP contribution in [0.3, 0.4) is 0 Å². The predicted octanol–water partition coefficient (Wildman–Crippen LogP) is -0.750. The van der Waals surface area contributed by atoms with E-state index in [1.165, 1.54) is 18.4 Å². The lowest BCUT2D eigenvalue weighted by molar-refractivity contribution is 0.314. The molecular weight excluding hydrogens is 220 g/mol. The van der Waals surface area contributed by atoms with E-state index in [4.69, 9.17) is 10.9 Å². The predicted molar refractivity (Wildman–Crippen MR) is 57.9 cm³/mol. The zero-order valence-corrected chi connectivity index (χ0v) is 10.2. The fourth-order valence-electron chi connectivity index (χ4n) is 0.828. The van der Waals surface area contributed by atoms with Crippen LogP contribution < -0.4 is 5.73 Å². The fourth-order valence-corrected chi connectivity index (χ4v) is 2.10. The molecule has 0 radical (unpaired) electrons. The van der Waals surface area contributed by atoms with Crippen molar-refractivity contribution in [3.05, 3.63) is 0 Å². The summed E-state index contributed by atoms with van der Waals surface area (Å²) in [5.74, 6) is -0.154. The van der Waals surface area contributed by atoms with Crippen LogP contribution >= 0.6 is 0 Å². The standard InChI is InChI=1S/C7H18N4O3S/c1-6(2)11(4)15(13,14)10(3)5-7(8)9-12/h6,12H,5H2,1-4H3,(H2,8,9). The van der Waals surface area contributed by atoms with E-state index in [0.717, 1.165) is 4.31 Å². The first-order chi connectivity index (χ1) is 6.73. The minimum absolute atomic E-state index is 0.143. The summed E-state index contributed by atoms with van der Waals surface area (Å²) in [5.41, 5.74) is 5.22. The second-order valence-corrected chi connectivity index (χ2v) is 5.56. The summed E-state index contributed by atoms with van der Waals surface area (Å²) in [4.78, 5) is 0. The van der Waals surface area contributed by atoms with Gasteiger partial charge in [-0.15, -0.1) is 0 Å². The van der Waals surface area contributed by atoms with Gasteiger partial charge in [0.15, 0.2) is 5.84 Å². The molecule has 0 rings (SSSR count). The molecule has 0 aliphatic heterocycles. The molecule has 0 atom stereocenters. The second-order valence-electron chi connectivity index (χ2n) is 3.47. The van der Waals surface area contributed by atoms with Crippen molar-refractivity contribution in [1.29, 1.82) is 0 Å². The van der Waals surface area contributed by atoms with Gasteiger partial charge in [-0.05, 0) is 13.8 Å². The lowest BCUT2D eigenvalue weighted by atomic mass is 10.4. The van der Waals surface area contributed by atoms with Gasteiger partial charge in [0.25, 0.3) is 10.2 Å².